The molecule has 0 atom stereocenters. The first kappa shape index (κ1) is 10.0. The maximum Gasteiger partial charge on any atom is 0.00152 e. The van der Waals surface area contributed by atoms with E-state index in [0.717, 1.165) is 0 Å². The Kier molecular flexibility index (Phi) is 2.53. The first-order valence-corrected chi connectivity index (χ1v) is 5.11. The fourth-order valence-corrected chi connectivity index (χ4v) is 1.74. The molecule has 1 rings (SSSR count). The van der Waals surface area contributed by atoms with Gasteiger partial charge in [0.05, 0.1) is 0 Å². The van der Waals surface area contributed by atoms with Gasteiger partial charge in [0.2, 0.25) is 0 Å². The molecule has 1 nitrogen and oxygen atoms in total. The highest BCUT2D eigenvalue weighted by atomic mass is 14.9. The highest BCUT2D eigenvalue weighted by molar-refractivity contribution is 5.03. The van der Waals surface area contributed by atoms with Crippen LogP contribution in [0.5, 0.6) is 0 Å². The molecule has 0 bridgehead atoms. The standard InChI is InChI=1S/C11H23N/c1-9(2)12-8-11(6-7-11)10(3,4)5/h9,12H,6-8H2,1-5H3. The molecule has 1 aliphatic carbocycles. The number of hydrogen-bond donors (Lipinski definition) is 1. The molecule has 1 fully saturated rings. The lowest BCUT2D eigenvalue weighted by Gasteiger charge is -2.31. The molecule has 0 saturated heterocycles. The van der Waals surface area contributed by atoms with E-state index in [1.54, 1.807) is 0 Å². The summed E-state index contributed by atoms with van der Waals surface area (Å²) < 4.78 is 0. The van der Waals surface area contributed by atoms with Gasteiger partial charge in [-0.1, -0.05) is 34.6 Å². The predicted octanol–water partition coefficient (Wildman–Crippen LogP) is 2.81. The summed E-state index contributed by atoms with van der Waals surface area (Å²) in [6, 6.07) is 0.629. The quantitative estimate of drug-likeness (QED) is 0.685. The molecule has 72 valence electrons. The molecule has 0 heterocycles. The van der Waals surface area contributed by atoms with Gasteiger partial charge in [-0.25, -0.2) is 0 Å². The average molecular weight is 169 g/mol. The molecular formula is C11H23N. The molecule has 12 heavy (non-hydrogen) atoms. The van der Waals surface area contributed by atoms with E-state index in [0.29, 0.717) is 16.9 Å². The van der Waals surface area contributed by atoms with Gasteiger partial charge in [0, 0.05) is 12.6 Å². The van der Waals surface area contributed by atoms with Crippen LogP contribution in [0.2, 0.25) is 0 Å². The van der Waals surface area contributed by atoms with E-state index in [1.807, 2.05) is 0 Å². The average Bonchev–Trinajstić information content (AvgIpc) is 2.60. The van der Waals surface area contributed by atoms with Gasteiger partial charge in [-0.05, 0) is 23.7 Å². The van der Waals surface area contributed by atoms with Gasteiger partial charge >= 0.3 is 0 Å². The number of hydrogen-bond acceptors (Lipinski definition) is 1. The van der Waals surface area contributed by atoms with Gasteiger partial charge in [0.1, 0.15) is 0 Å². The molecule has 0 radical (unpaired) electrons. The third-order valence-electron chi connectivity index (χ3n) is 3.29. The first-order chi connectivity index (χ1) is 5.37. The number of rotatable bonds is 3. The van der Waals surface area contributed by atoms with Crippen molar-refractivity contribution in [1.82, 2.24) is 5.32 Å². The van der Waals surface area contributed by atoms with Crippen LogP contribution in [0.3, 0.4) is 0 Å². The van der Waals surface area contributed by atoms with E-state index in [-0.39, 0.29) is 0 Å². The van der Waals surface area contributed by atoms with Gasteiger partial charge in [-0.3, -0.25) is 0 Å². The highest BCUT2D eigenvalue weighted by Crippen LogP contribution is 2.57. The molecule has 0 aromatic heterocycles. The lowest BCUT2D eigenvalue weighted by Crippen LogP contribution is -2.36. The van der Waals surface area contributed by atoms with Crippen LogP contribution in [-0.2, 0) is 0 Å². The Morgan fingerprint density at radius 1 is 1.25 bits per heavy atom. The minimum atomic E-state index is 0.481. The Bertz CT molecular complexity index is 149. The SMILES string of the molecule is CC(C)NCC1(C(C)(C)C)CC1. The molecule has 0 spiro atoms. The summed E-state index contributed by atoms with van der Waals surface area (Å²) in [4.78, 5) is 0. The first-order valence-electron chi connectivity index (χ1n) is 5.11. The lowest BCUT2D eigenvalue weighted by atomic mass is 9.77. The largest absolute Gasteiger partial charge is 0.314 e. The van der Waals surface area contributed by atoms with Crippen molar-refractivity contribution >= 4 is 0 Å². The minimum Gasteiger partial charge on any atom is -0.314 e. The molecule has 1 heteroatoms. The molecular weight excluding hydrogens is 146 g/mol. The molecule has 0 aliphatic heterocycles. The summed E-state index contributed by atoms with van der Waals surface area (Å²) in [5, 5.41) is 3.55. The molecule has 0 amide bonds. The zero-order valence-electron chi connectivity index (χ0n) is 9.20. The zero-order valence-corrected chi connectivity index (χ0v) is 9.20. The summed E-state index contributed by atoms with van der Waals surface area (Å²) in [7, 11) is 0. The maximum absolute atomic E-state index is 3.55. The third kappa shape index (κ3) is 2.01. The second-order valence-corrected chi connectivity index (χ2v) is 5.57. The van der Waals surface area contributed by atoms with Gasteiger partial charge in [-0.15, -0.1) is 0 Å². The van der Waals surface area contributed by atoms with Crippen LogP contribution >= 0.6 is 0 Å². The van der Waals surface area contributed by atoms with Crippen molar-refractivity contribution in [1.29, 1.82) is 0 Å². The molecule has 1 saturated carbocycles. The summed E-state index contributed by atoms with van der Waals surface area (Å²) in [5.41, 5.74) is 1.09. The summed E-state index contributed by atoms with van der Waals surface area (Å²) in [5.74, 6) is 0. The normalized spacial score (nSPS) is 21.5. The van der Waals surface area contributed by atoms with E-state index in [1.165, 1.54) is 19.4 Å². The third-order valence-corrected chi connectivity index (χ3v) is 3.29. The van der Waals surface area contributed by atoms with Crippen molar-refractivity contribution in [2.75, 3.05) is 6.54 Å². The van der Waals surface area contributed by atoms with Gasteiger partial charge in [0.15, 0.2) is 0 Å². The van der Waals surface area contributed by atoms with Crippen LogP contribution < -0.4 is 5.32 Å². The Labute approximate surface area is 76.9 Å². The fraction of sp³-hybridized carbons (Fsp3) is 1.00. The molecule has 1 N–H and O–H groups in total. The Morgan fingerprint density at radius 2 is 1.75 bits per heavy atom. The summed E-state index contributed by atoms with van der Waals surface area (Å²) >= 11 is 0. The van der Waals surface area contributed by atoms with Crippen molar-refractivity contribution in [3.05, 3.63) is 0 Å². The predicted molar refractivity (Wildman–Crippen MR) is 54.3 cm³/mol. The second-order valence-electron chi connectivity index (χ2n) is 5.57. The van der Waals surface area contributed by atoms with Crippen molar-refractivity contribution < 1.29 is 0 Å². The van der Waals surface area contributed by atoms with Gasteiger partial charge < -0.3 is 5.32 Å². The second kappa shape index (κ2) is 3.02. The Morgan fingerprint density at radius 3 is 2.00 bits per heavy atom. The fourth-order valence-electron chi connectivity index (χ4n) is 1.74. The van der Waals surface area contributed by atoms with Crippen molar-refractivity contribution in [3.8, 4) is 0 Å². The van der Waals surface area contributed by atoms with E-state index in [4.69, 9.17) is 0 Å². The van der Waals surface area contributed by atoms with Crippen LogP contribution in [0.4, 0.5) is 0 Å². The smallest absolute Gasteiger partial charge is 0.00152 e. The summed E-state index contributed by atoms with van der Waals surface area (Å²) in [6.45, 7) is 12.7. The molecule has 0 aromatic carbocycles. The van der Waals surface area contributed by atoms with E-state index in [9.17, 15) is 0 Å². The highest BCUT2D eigenvalue weighted by Gasteiger charge is 2.51. The Hall–Kier alpha value is -0.0400. The van der Waals surface area contributed by atoms with Crippen LogP contribution in [0.25, 0.3) is 0 Å². The summed E-state index contributed by atoms with van der Waals surface area (Å²) in [6.07, 6.45) is 2.83. The number of nitrogens with one attached hydrogen (secondary N) is 1. The van der Waals surface area contributed by atoms with Crippen molar-refractivity contribution in [3.63, 3.8) is 0 Å². The van der Waals surface area contributed by atoms with E-state index < -0.39 is 0 Å². The van der Waals surface area contributed by atoms with Crippen molar-refractivity contribution in [2.24, 2.45) is 10.8 Å². The molecule has 1 aliphatic rings. The molecule has 0 unspecified atom stereocenters. The Balaban J connectivity index is 2.40. The van der Waals surface area contributed by atoms with Crippen LogP contribution in [-0.4, -0.2) is 12.6 Å². The van der Waals surface area contributed by atoms with Gasteiger partial charge in [-0.2, -0.15) is 0 Å². The lowest BCUT2D eigenvalue weighted by molar-refractivity contribution is 0.203. The minimum absolute atomic E-state index is 0.481. The topological polar surface area (TPSA) is 12.0 Å². The van der Waals surface area contributed by atoms with Crippen LogP contribution in [0, 0.1) is 10.8 Å². The monoisotopic (exact) mass is 169 g/mol. The van der Waals surface area contributed by atoms with Crippen LogP contribution in [0.1, 0.15) is 47.5 Å². The zero-order chi connectivity index (χ0) is 9.41. The van der Waals surface area contributed by atoms with Gasteiger partial charge in [0.25, 0.3) is 0 Å². The van der Waals surface area contributed by atoms with E-state index in [2.05, 4.69) is 39.9 Å². The van der Waals surface area contributed by atoms with Crippen LogP contribution in [0.15, 0.2) is 0 Å². The maximum atomic E-state index is 3.55. The van der Waals surface area contributed by atoms with E-state index >= 15 is 0 Å². The van der Waals surface area contributed by atoms with Crippen molar-refractivity contribution in [2.45, 2.75) is 53.5 Å². The molecule has 0 aromatic rings.